The first-order valence-corrected chi connectivity index (χ1v) is 10.6. The van der Waals surface area contributed by atoms with Crippen LogP contribution in [-0.4, -0.2) is 76.8 Å². The Bertz CT molecular complexity index is 822. The molecule has 2 heterocycles. The van der Waals surface area contributed by atoms with Gasteiger partial charge in [-0.05, 0) is 50.3 Å². The number of methoxy groups -OCH3 is 2. The van der Waals surface area contributed by atoms with Gasteiger partial charge in [-0.1, -0.05) is 0 Å². The molecule has 32 heavy (non-hydrogen) atoms. The fraction of sp³-hybridized carbons (Fsp3) is 0.522. The Morgan fingerprint density at radius 3 is 2.53 bits per heavy atom. The van der Waals surface area contributed by atoms with E-state index in [1.165, 1.54) is 5.56 Å². The maximum atomic E-state index is 5.59. The van der Waals surface area contributed by atoms with Gasteiger partial charge in [-0.2, -0.15) is 0 Å². The van der Waals surface area contributed by atoms with Crippen molar-refractivity contribution in [3.05, 3.63) is 47.9 Å². The zero-order valence-corrected chi connectivity index (χ0v) is 22.0. The van der Waals surface area contributed by atoms with Crippen molar-refractivity contribution < 1.29 is 13.9 Å². The van der Waals surface area contributed by atoms with Crippen LogP contribution >= 0.6 is 24.0 Å². The summed E-state index contributed by atoms with van der Waals surface area (Å²) in [6.45, 7) is 3.55. The molecule has 1 aromatic heterocycles. The van der Waals surface area contributed by atoms with E-state index in [1.807, 2.05) is 39.3 Å². The minimum atomic E-state index is 0. The lowest BCUT2D eigenvalue weighted by Crippen LogP contribution is -2.46. The number of guanidine groups is 1. The highest BCUT2D eigenvalue weighted by molar-refractivity contribution is 14.0. The van der Waals surface area contributed by atoms with Crippen molar-refractivity contribution in [2.24, 2.45) is 4.99 Å². The third kappa shape index (κ3) is 7.28. The number of likely N-dealkylation sites (N-methyl/N-ethyl adjacent to an activating group) is 1. The molecular formula is C23H36IN5O3. The predicted molar refractivity (Wildman–Crippen MR) is 138 cm³/mol. The van der Waals surface area contributed by atoms with E-state index in [9.17, 15) is 0 Å². The lowest BCUT2D eigenvalue weighted by molar-refractivity contribution is 0.258. The smallest absolute Gasteiger partial charge is 0.191 e. The van der Waals surface area contributed by atoms with Crippen LogP contribution in [0.25, 0.3) is 0 Å². The zero-order chi connectivity index (χ0) is 22.2. The molecular weight excluding hydrogens is 521 g/mol. The average Bonchev–Trinajstić information content (AvgIpc) is 3.45. The van der Waals surface area contributed by atoms with Gasteiger partial charge in [0, 0.05) is 45.3 Å². The van der Waals surface area contributed by atoms with Gasteiger partial charge in [0.15, 0.2) is 5.96 Å². The molecule has 2 unspecified atom stereocenters. The minimum Gasteiger partial charge on any atom is -0.497 e. The number of ether oxygens (including phenoxy) is 2. The van der Waals surface area contributed by atoms with Gasteiger partial charge in [0.1, 0.15) is 17.3 Å². The molecule has 2 N–H and O–H groups in total. The normalized spacial score (nSPS) is 17.7. The van der Waals surface area contributed by atoms with Crippen molar-refractivity contribution in [2.75, 3.05) is 55.0 Å². The largest absolute Gasteiger partial charge is 0.497 e. The molecule has 3 rings (SSSR count). The SMILES string of the molecule is CN=C(NCC(c1ccco1)N(C)C)NC1CCN(Cc2cc(OC)cc(OC)c2)C1.I. The molecule has 1 aliphatic heterocycles. The van der Waals surface area contributed by atoms with Crippen molar-refractivity contribution in [3.63, 3.8) is 0 Å². The highest BCUT2D eigenvalue weighted by Crippen LogP contribution is 2.24. The molecule has 0 bridgehead atoms. The van der Waals surface area contributed by atoms with E-state index in [-0.39, 0.29) is 30.0 Å². The van der Waals surface area contributed by atoms with Crippen molar-refractivity contribution in [1.29, 1.82) is 0 Å². The highest BCUT2D eigenvalue weighted by atomic mass is 127. The second-order valence-corrected chi connectivity index (χ2v) is 8.03. The maximum Gasteiger partial charge on any atom is 0.191 e. The van der Waals surface area contributed by atoms with E-state index in [2.05, 4.69) is 37.6 Å². The molecule has 1 fully saturated rings. The second-order valence-electron chi connectivity index (χ2n) is 8.03. The monoisotopic (exact) mass is 557 g/mol. The van der Waals surface area contributed by atoms with Crippen LogP contribution in [0, 0.1) is 0 Å². The third-order valence-corrected chi connectivity index (χ3v) is 5.61. The number of likely N-dealkylation sites (tertiary alicyclic amines) is 1. The molecule has 1 saturated heterocycles. The number of furan rings is 1. The van der Waals surface area contributed by atoms with E-state index < -0.39 is 0 Å². The number of hydrogen-bond donors (Lipinski definition) is 2. The number of nitrogens with zero attached hydrogens (tertiary/aromatic N) is 3. The van der Waals surface area contributed by atoms with Gasteiger partial charge < -0.3 is 24.5 Å². The Hall–Kier alpha value is -1.98. The zero-order valence-electron chi connectivity index (χ0n) is 19.6. The summed E-state index contributed by atoms with van der Waals surface area (Å²) in [4.78, 5) is 8.99. The molecule has 9 heteroatoms. The van der Waals surface area contributed by atoms with Crippen LogP contribution in [0.3, 0.4) is 0 Å². The van der Waals surface area contributed by atoms with Crippen LogP contribution in [0.5, 0.6) is 11.5 Å². The molecule has 8 nitrogen and oxygen atoms in total. The summed E-state index contributed by atoms with van der Waals surface area (Å²) >= 11 is 0. The topological polar surface area (TPSA) is 74.5 Å². The third-order valence-electron chi connectivity index (χ3n) is 5.61. The van der Waals surface area contributed by atoms with Gasteiger partial charge in [0.05, 0.1) is 26.5 Å². The Morgan fingerprint density at radius 1 is 1.25 bits per heavy atom. The van der Waals surface area contributed by atoms with Gasteiger partial charge in [-0.15, -0.1) is 24.0 Å². The predicted octanol–water partition coefficient (Wildman–Crippen LogP) is 2.96. The molecule has 0 saturated carbocycles. The van der Waals surface area contributed by atoms with E-state index in [1.54, 1.807) is 20.5 Å². The first-order valence-electron chi connectivity index (χ1n) is 10.6. The van der Waals surface area contributed by atoms with Crippen LogP contribution in [0.4, 0.5) is 0 Å². The standard InChI is InChI=1S/C23H35N5O3.HI/c1-24-23(25-14-21(27(2)3)22-7-6-10-31-22)26-18-8-9-28(16-18)15-17-11-19(29-4)13-20(12-17)30-5;/h6-7,10-13,18,21H,8-9,14-16H2,1-5H3,(H2,24,25,26);1H. The summed E-state index contributed by atoms with van der Waals surface area (Å²) in [6, 6.07) is 10.4. The van der Waals surface area contributed by atoms with Gasteiger partial charge in [-0.3, -0.25) is 14.8 Å². The average molecular weight is 557 g/mol. The molecule has 178 valence electrons. The number of nitrogens with one attached hydrogen (secondary N) is 2. The van der Waals surface area contributed by atoms with E-state index >= 15 is 0 Å². The van der Waals surface area contributed by atoms with Gasteiger partial charge in [0.2, 0.25) is 0 Å². The molecule has 0 aliphatic carbocycles. The number of benzene rings is 1. The van der Waals surface area contributed by atoms with Crippen molar-refractivity contribution >= 4 is 29.9 Å². The summed E-state index contributed by atoms with van der Waals surface area (Å²) in [7, 11) is 9.27. The first-order chi connectivity index (χ1) is 15.0. The van der Waals surface area contributed by atoms with Crippen LogP contribution in [0.1, 0.15) is 23.8 Å². The summed E-state index contributed by atoms with van der Waals surface area (Å²) in [5.74, 6) is 3.39. The molecule has 1 aliphatic rings. The van der Waals surface area contributed by atoms with Crippen LogP contribution in [0.15, 0.2) is 46.0 Å². The summed E-state index contributed by atoms with van der Waals surface area (Å²) in [5.41, 5.74) is 1.19. The van der Waals surface area contributed by atoms with Gasteiger partial charge >= 0.3 is 0 Å². The molecule has 0 amide bonds. The fourth-order valence-electron chi connectivity index (χ4n) is 3.91. The van der Waals surface area contributed by atoms with Crippen LogP contribution in [-0.2, 0) is 6.54 Å². The Balaban J connectivity index is 0.00000363. The van der Waals surface area contributed by atoms with Crippen molar-refractivity contribution in [3.8, 4) is 11.5 Å². The summed E-state index contributed by atoms with van der Waals surface area (Å²) < 4.78 is 16.4. The fourth-order valence-corrected chi connectivity index (χ4v) is 3.91. The number of aliphatic imine (C=N–C) groups is 1. The van der Waals surface area contributed by atoms with Gasteiger partial charge in [0.25, 0.3) is 0 Å². The second kappa shape index (κ2) is 12.9. The number of rotatable bonds is 9. The lowest BCUT2D eigenvalue weighted by atomic mass is 10.2. The molecule has 0 spiro atoms. The lowest BCUT2D eigenvalue weighted by Gasteiger charge is -2.25. The van der Waals surface area contributed by atoms with E-state index in [0.29, 0.717) is 12.6 Å². The Kier molecular flexibility index (Phi) is 10.6. The molecule has 2 aromatic rings. The maximum absolute atomic E-state index is 5.59. The summed E-state index contributed by atoms with van der Waals surface area (Å²) in [5, 5.41) is 7.01. The van der Waals surface area contributed by atoms with E-state index in [4.69, 9.17) is 13.9 Å². The van der Waals surface area contributed by atoms with Crippen molar-refractivity contribution in [2.45, 2.75) is 25.0 Å². The van der Waals surface area contributed by atoms with E-state index in [0.717, 1.165) is 49.3 Å². The minimum absolute atomic E-state index is 0. The Morgan fingerprint density at radius 2 is 1.97 bits per heavy atom. The number of halogens is 1. The highest BCUT2D eigenvalue weighted by Gasteiger charge is 2.24. The quantitative estimate of drug-likeness (QED) is 0.279. The molecule has 0 radical (unpaired) electrons. The molecule has 2 atom stereocenters. The van der Waals surface area contributed by atoms with Crippen LogP contribution in [0.2, 0.25) is 0 Å². The number of hydrogen-bond acceptors (Lipinski definition) is 6. The van der Waals surface area contributed by atoms with Crippen molar-refractivity contribution in [1.82, 2.24) is 20.4 Å². The first kappa shape index (κ1) is 26.3. The van der Waals surface area contributed by atoms with Crippen LogP contribution < -0.4 is 20.1 Å². The van der Waals surface area contributed by atoms with Gasteiger partial charge in [-0.25, -0.2) is 0 Å². The Labute approximate surface area is 208 Å². The molecule has 1 aromatic carbocycles. The summed E-state index contributed by atoms with van der Waals surface area (Å²) in [6.07, 6.45) is 2.78.